The number of hydrogen-bond donors (Lipinski definition) is 2. The van der Waals surface area contributed by atoms with Crippen LogP contribution < -0.4 is 10.6 Å². The van der Waals surface area contributed by atoms with E-state index in [1.807, 2.05) is 23.6 Å². The van der Waals surface area contributed by atoms with E-state index in [1.54, 1.807) is 25.7 Å². The average Bonchev–Trinajstić information content (AvgIpc) is 3.76. The van der Waals surface area contributed by atoms with Crippen LogP contribution in [-0.4, -0.2) is 65.6 Å². The van der Waals surface area contributed by atoms with Gasteiger partial charge < -0.3 is 15.4 Å². The van der Waals surface area contributed by atoms with Crippen LogP contribution in [0.15, 0.2) is 49.1 Å². The minimum Gasteiger partial charge on any atom is -0.383 e. The predicted octanol–water partition coefficient (Wildman–Crippen LogP) is 5.47. The molecule has 16 heteroatoms. The second-order valence-electron chi connectivity index (χ2n) is 10.2. The summed E-state index contributed by atoms with van der Waals surface area (Å²) in [5.74, 6) is -2.09. The van der Waals surface area contributed by atoms with Crippen molar-refractivity contribution in [2.45, 2.75) is 38.9 Å². The molecular weight excluding hydrogens is 635 g/mol. The Balaban J connectivity index is 0.00000221. The summed E-state index contributed by atoms with van der Waals surface area (Å²) in [7, 11) is 1.74. The van der Waals surface area contributed by atoms with Crippen LogP contribution in [0.5, 0.6) is 0 Å². The Morgan fingerprint density at radius 3 is 2.86 bits per heavy atom. The molecule has 5 aromatic rings. The largest absolute Gasteiger partial charge is 0.383 e. The molecule has 6 rings (SSSR count). The number of rotatable bonds is 10. The van der Waals surface area contributed by atoms with Crippen molar-refractivity contribution in [1.29, 1.82) is 0 Å². The van der Waals surface area contributed by atoms with Crippen LogP contribution >= 0.6 is 36.3 Å². The number of anilines is 3. The molecule has 4 aromatic heterocycles. The van der Waals surface area contributed by atoms with Crippen molar-refractivity contribution >= 4 is 64.4 Å². The molecule has 1 fully saturated rings. The summed E-state index contributed by atoms with van der Waals surface area (Å²) in [5, 5.41) is 10.9. The molecular formula is C28H31Cl2F2N9O2S. The highest BCUT2D eigenvalue weighted by Gasteiger charge is 2.25. The molecule has 0 saturated carbocycles. The van der Waals surface area contributed by atoms with E-state index in [0.29, 0.717) is 17.5 Å². The molecule has 234 valence electrons. The highest BCUT2D eigenvalue weighted by Crippen LogP contribution is 2.29. The van der Waals surface area contributed by atoms with Gasteiger partial charge in [0.05, 0.1) is 41.8 Å². The molecule has 1 atom stereocenters. The van der Waals surface area contributed by atoms with Gasteiger partial charge in [-0.05, 0) is 56.0 Å². The lowest BCUT2D eigenvalue weighted by atomic mass is 10.2. The first-order valence-corrected chi connectivity index (χ1v) is 14.2. The Morgan fingerprint density at radius 1 is 1.20 bits per heavy atom. The molecule has 1 aromatic carbocycles. The van der Waals surface area contributed by atoms with E-state index in [2.05, 4.69) is 35.0 Å². The van der Waals surface area contributed by atoms with E-state index < -0.39 is 17.5 Å². The Kier molecular flexibility index (Phi) is 10.9. The lowest BCUT2D eigenvalue weighted by molar-refractivity contribution is -0.116. The fraction of sp³-hybridized carbons (Fsp3) is 0.321. The van der Waals surface area contributed by atoms with E-state index in [9.17, 15) is 13.6 Å². The van der Waals surface area contributed by atoms with Crippen molar-refractivity contribution in [3.8, 4) is 11.3 Å². The van der Waals surface area contributed by atoms with Crippen molar-refractivity contribution in [1.82, 2.24) is 33.4 Å². The number of nitrogens with zero attached hydrogens (tertiary/aromatic N) is 7. The predicted molar refractivity (Wildman–Crippen MR) is 169 cm³/mol. The molecule has 0 radical (unpaired) electrons. The van der Waals surface area contributed by atoms with Crippen LogP contribution in [0.4, 0.5) is 25.3 Å². The summed E-state index contributed by atoms with van der Waals surface area (Å²) in [6.45, 7) is 4.25. The molecule has 5 heterocycles. The average molecular weight is 667 g/mol. The normalized spacial score (nSPS) is 14.8. The number of likely N-dealkylation sites (tertiary alicyclic amines) is 1. The molecule has 0 bridgehead atoms. The Labute approximate surface area is 268 Å². The highest BCUT2D eigenvalue weighted by molar-refractivity contribution is 7.10. The van der Waals surface area contributed by atoms with Crippen molar-refractivity contribution in [3.63, 3.8) is 0 Å². The fourth-order valence-corrected chi connectivity index (χ4v) is 5.84. The standard InChI is InChI=1S/C28H29F2N9O2S.2ClH/c1-17-12-39-23(18-10-32-38(13-18)15-24(40)34-22-7-3-6-21(29)26(22)30)11-31-28(39)27(33-17)35-25-9-19(36-42-25)14-37-8-4-5-20(37)16-41-2;;/h3,6-7,9-13,20H,4-5,8,14-16H2,1-2H3,(H,33,35)(H,34,40);2*1H/t20-;;/m0../s1. The molecule has 1 amide bonds. The Hall–Kier alpha value is -3.69. The number of nitrogens with one attached hydrogen (secondary N) is 2. The zero-order valence-electron chi connectivity index (χ0n) is 23.9. The first-order valence-electron chi connectivity index (χ1n) is 13.4. The molecule has 0 unspecified atom stereocenters. The summed E-state index contributed by atoms with van der Waals surface area (Å²) in [5.41, 5.74) is 3.64. The van der Waals surface area contributed by atoms with Gasteiger partial charge in [0, 0.05) is 37.7 Å². The van der Waals surface area contributed by atoms with Gasteiger partial charge in [0.15, 0.2) is 23.1 Å². The topological polar surface area (TPSA) is 114 Å². The van der Waals surface area contributed by atoms with Crippen molar-refractivity contribution in [2.24, 2.45) is 0 Å². The molecule has 0 spiro atoms. The number of benzene rings is 1. The van der Waals surface area contributed by atoms with Gasteiger partial charge in [-0.1, -0.05) is 6.07 Å². The molecule has 44 heavy (non-hydrogen) atoms. The monoisotopic (exact) mass is 665 g/mol. The molecule has 1 aliphatic heterocycles. The zero-order valence-corrected chi connectivity index (χ0v) is 26.3. The Bertz CT molecular complexity index is 1750. The third-order valence-corrected chi connectivity index (χ3v) is 7.84. The number of ether oxygens (including phenoxy) is 1. The van der Waals surface area contributed by atoms with Gasteiger partial charge in [-0.2, -0.15) is 9.47 Å². The van der Waals surface area contributed by atoms with E-state index in [0.717, 1.165) is 66.3 Å². The summed E-state index contributed by atoms with van der Waals surface area (Å²) in [4.78, 5) is 24.1. The van der Waals surface area contributed by atoms with Gasteiger partial charge in [-0.15, -0.1) is 24.8 Å². The molecule has 2 N–H and O–H groups in total. The number of fused-ring (bicyclic) bond motifs is 1. The fourth-order valence-electron chi connectivity index (χ4n) is 5.18. The molecule has 1 aliphatic rings. The van der Waals surface area contributed by atoms with Crippen LogP contribution in [0.1, 0.15) is 24.2 Å². The van der Waals surface area contributed by atoms with Crippen LogP contribution in [0.3, 0.4) is 0 Å². The lowest BCUT2D eigenvalue weighted by Gasteiger charge is -2.22. The van der Waals surface area contributed by atoms with Gasteiger partial charge in [-0.25, -0.2) is 18.7 Å². The molecule has 1 saturated heterocycles. The summed E-state index contributed by atoms with van der Waals surface area (Å²) in [6.07, 6.45) is 9.20. The summed E-state index contributed by atoms with van der Waals surface area (Å²) >= 11 is 1.38. The number of hydrogen-bond acceptors (Lipinski definition) is 9. The quantitative estimate of drug-likeness (QED) is 0.202. The zero-order chi connectivity index (χ0) is 29.2. The van der Waals surface area contributed by atoms with E-state index >= 15 is 0 Å². The molecule has 11 nitrogen and oxygen atoms in total. The maximum atomic E-state index is 13.9. The number of halogens is 4. The number of aryl methyl sites for hydroxylation is 1. The van der Waals surface area contributed by atoms with E-state index in [4.69, 9.17) is 4.74 Å². The second-order valence-corrected chi connectivity index (χ2v) is 11.0. The van der Waals surface area contributed by atoms with Gasteiger partial charge >= 0.3 is 0 Å². The smallest absolute Gasteiger partial charge is 0.246 e. The maximum absolute atomic E-state index is 13.9. The third kappa shape index (κ3) is 7.16. The van der Waals surface area contributed by atoms with Gasteiger partial charge in [-0.3, -0.25) is 18.8 Å². The SMILES string of the molecule is COC[C@@H]1CCCN1Cc1cc(Nc2nc(C)cn3c(-c4cnn(CC(=O)Nc5cccc(F)c5F)c4)cnc23)sn1.Cl.Cl. The second kappa shape index (κ2) is 14.4. The van der Waals surface area contributed by atoms with Gasteiger partial charge in [0.25, 0.3) is 0 Å². The Morgan fingerprint density at radius 2 is 2.05 bits per heavy atom. The number of aromatic nitrogens is 6. The lowest BCUT2D eigenvalue weighted by Crippen LogP contribution is -2.32. The van der Waals surface area contributed by atoms with E-state index in [1.165, 1.54) is 28.3 Å². The number of amides is 1. The van der Waals surface area contributed by atoms with Crippen molar-refractivity contribution in [3.05, 3.63) is 72.1 Å². The number of methoxy groups -OCH3 is 1. The number of carbonyl (C=O) groups is 1. The number of imidazole rings is 1. The number of carbonyl (C=O) groups excluding carboxylic acids is 1. The van der Waals surface area contributed by atoms with Crippen LogP contribution in [0, 0.1) is 18.6 Å². The van der Waals surface area contributed by atoms with Gasteiger partial charge in [0.1, 0.15) is 11.5 Å². The van der Waals surface area contributed by atoms with E-state index in [-0.39, 0.29) is 37.0 Å². The van der Waals surface area contributed by atoms with Crippen molar-refractivity contribution in [2.75, 3.05) is 30.9 Å². The highest BCUT2D eigenvalue weighted by atomic mass is 35.5. The minimum atomic E-state index is -1.11. The summed E-state index contributed by atoms with van der Waals surface area (Å²) in [6, 6.07) is 6.07. The first kappa shape index (κ1) is 33.2. The van der Waals surface area contributed by atoms with Crippen LogP contribution in [-0.2, 0) is 22.6 Å². The minimum absolute atomic E-state index is 0. The summed E-state index contributed by atoms with van der Waals surface area (Å²) < 4.78 is 40.7. The maximum Gasteiger partial charge on any atom is 0.246 e. The third-order valence-electron chi connectivity index (χ3n) is 7.10. The van der Waals surface area contributed by atoms with Crippen LogP contribution in [0.25, 0.3) is 16.9 Å². The molecule has 0 aliphatic carbocycles. The van der Waals surface area contributed by atoms with Crippen LogP contribution in [0.2, 0.25) is 0 Å². The first-order chi connectivity index (χ1) is 20.4. The van der Waals surface area contributed by atoms with Crippen molar-refractivity contribution < 1.29 is 18.3 Å². The van der Waals surface area contributed by atoms with Gasteiger partial charge in [0.2, 0.25) is 5.91 Å².